The molecule has 0 bridgehead atoms. The summed E-state index contributed by atoms with van der Waals surface area (Å²) in [5.41, 5.74) is 2.73. The lowest BCUT2D eigenvalue weighted by Gasteiger charge is -2.33. The van der Waals surface area contributed by atoms with Crippen molar-refractivity contribution in [2.75, 3.05) is 11.4 Å². The molecule has 0 fully saturated rings. The third-order valence-electron chi connectivity index (χ3n) is 2.97. The fourth-order valence-corrected chi connectivity index (χ4v) is 1.92. The SMILES string of the molecule is CCC(C)N1CC=Cc2ccccc21. The molecule has 1 heterocycles. The maximum Gasteiger partial charge on any atom is 0.0444 e. The summed E-state index contributed by atoms with van der Waals surface area (Å²) in [6.07, 6.45) is 5.66. The molecule has 74 valence electrons. The van der Waals surface area contributed by atoms with E-state index in [1.165, 1.54) is 17.7 Å². The number of hydrogen-bond donors (Lipinski definition) is 0. The van der Waals surface area contributed by atoms with Gasteiger partial charge in [0, 0.05) is 18.3 Å². The van der Waals surface area contributed by atoms with Crippen LogP contribution in [0.3, 0.4) is 0 Å². The predicted octanol–water partition coefficient (Wildman–Crippen LogP) is 3.32. The van der Waals surface area contributed by atoms with E-state index in [2.05, 4.69) is 55.2 Å². The molecule has 1 aliphatic heterocycles. The molecule has 0 saturated carbocycles. The summed E-state index contributed by atoms with van der Waals surface area (Å²) in [5.74, 6) is 0. The van der Waals surface area contributed by atoms with Crippen LogP contribution in [0.25, 0.3) is 6.08 Å². The van der Waals surface area contributed by atoms with Crippen LogP contribution >= 0.6 is 0 Å². The Balaban J connectivity index is 2.36. The van der Waals surface area contributed by atoms with E-state index in [0.717, 1.165) is 6.54 Å². The Kier molecular flexibility index (Phi) is 2.58. The van der Waals surface area contributed by atoms with Crippen LogP contribution in [0.15, 0.2) is 30.3 Å². The zero-order chi connectivity index (χ0) is 9.97. The maximum absolute atomic E-state index is 2.47. The van der Waals surface area contributed by atoms with Crippen molar-refractivity contribution < 1.29 is 0 Å². The van der Waals surface area contributed by atoms with E-state index in [1.54, 1.807) is 0 Å². The summed E-state index contributed by atoms with van der Waals surface area (Å²) >= 11 is 0. The molecule has 1 unspecified atom stereocenters. The molecule has 1 aliphatic rings. The maximum atomic E-state index is 2.47. The van der Waals surface area contributed by atoms with Gasteiger partial charge in [0.1, 0.15) is 0 Å². The van der Waals surface area contributed by atoms with Crippen molar-refractivity contribution in [2.24, 2.45) is 0 Å². The summed E-state index contributed by atoms with van der Waals surface area (Å²) in [7, 11) is 0. The third-order valence-corrected chi connectivity index (χ3v) is 2.97. The summed E-state index contributed by atoms with van der Waals surface area (Å²) < 4.78 is 0. The van der Waals surface area contributed by atoms with Gasteiger partial charge in [-0.15, -0.1) is 0 Å². The van der Waals surface area contributed by atoms with Gasteiger partial charge in [-0.05, 0) is 25.0 Å². The van der Waals surface area contributed by atoms with Gasteiger partial charge in [-0.3, -0.25) is 0 Å². The molecule has 0 saturated heterocycles. The van der Waals surface area contributed by atoms with Crippen molar-refractivity contribution in [3.05, 3.63) is 35.9 Å². The monoisotopic (exact) mass is 187 g/mol. The van der Waals surface area contributed by atoms with Crippen molar-refractivity contribution in [3.8, 4) is 0 Å². The third kappa shape index (κ3) is 1.54. The molecule has 0 radical (unpaired) electrons. The van der Waals surface area contributed by atoms with Crippen molar-refractivity contribution in [1.29, 1.82) is 0 Å². The first-order chi connectivity index (χ1) is 6.83. The van der Waals surface area contributed by atoms with E-state index in [0.29, 0.717) is 6.04 Å². The second-order valence-electron chi connectivity index (χ2n) is 3.87. The van der Waals surface area contributed by atoms with Crippen molar-refractivity contribution in [1.82, 2.24) is 0 Å². The summed E-state index contributed by atoms with van der Waals surface area (Å²) in [4.78, 5) is 2.47. The lowest BCUT2D eigenvalue weighted by Crippen LogP contribution is -2.34. The molecule has 1 heteroatoms. The van der Waals surface area contributed by atoms with Crippen molar-refractivity contribution in [3.63, 3.8) is 0 Å². The fraction of sp³-hybridized carbons (Fsp3) is 0.385. The average Bonchev–Trinajstić information content (AvgIpc) is 2.27. The molecular formula is C13H17N. The van der Waals surface area contributed by atoms with E-state index < -0.39 is 0 Å². The molecule has 0 N–H and O–H groups in total. The van der Waals surface area contributed by atoms with Crippen molar-refractivity contribution in [2.45, 2.75) is 26.3 Å². The Hall–Kier alpha value is -1.24. The minimum Gasteiger partial charge on any atom is -0.365 e. The lowest BCUT2D eigenvalue weighted by molar-refractivity contribution is 0.640. The normalized spacial score (nSPS) is 16.6. The predicted molar refractivity (Wildman–Crippen MR) is 62.6 cm³/mol. The molecule has 1 aromatic carbocycles. The largest absolute Gasteiger partial charge is 0.365 e. The molecule has 14 heavy (non-hydrogen) atoms. The van der Waals surface area contributed by atoms with Crippen LogP contribution in [0, 0.1) is 0 Å². The first kappa shape index (κ1) is 9.32. The van der Waals surface area contributed by atoms with Crippen LogP contribution < -0.4 is 4.90 Å². The first-order valence-electron chi connectivity index (χ1n) is 5.35. The first-order valence-corrected chi connectivity index (χ1v) is 5.35. The second-order valence-corrected chi connectivity index (χ2v) is 3.87. The molecule has 0 amide bonds. The molecule has 0 aromatic heterocycles. The molecule has 1 aromatic rings. The van der Waals surface area contributed by atoms with E-state index in [4.69, 9.17) is 0 Å². The number of benzene rings is 1. The molecule has 0 spiro atoms. The van der Waals surface area contributed by atoms with Gasteiger partial charge in [-0.1, -0.05) is 37.3 Å². The summed E-state index contributed by atoms with van der Waals surface area (Å²) in [5, 5.41) is 0. The topological polar surface area (TPSA) is 3.24 Å². The van der Waals surface area contributed by atoms with Gasteiger partial charge >= 0.3 is 0 Å². The van der Waals surface area contributed by atoms with Crippen LogP contribution in [0.4, 0.5) is 5.69 Å². The van der Waals surface area contributed by atoms with Crippen LogP contribution in [0.2, 0.25) is 0 Å². The zero-order valence-corrected chi connectivity index (χ0v) is 8.90. The van der Waals surface area contributed by atoms with Gasteiger partial charge in [0.15, 0.2) is 0 Å². The van der Waals surface area contributed by atoms with Crippen molar-refractivity contribution >= 4 is 11.8 Å². The summed E-state index contributed by atoms with van der Waals surface area (Å²) in [6.45, 7) is 5.58. The Labute approximate surface area is 86.1 Å². The second kappa shape index (κ2) is 3.87. The van der Waals surface area contributed by atoms with E-state index in [-0.39, 0.29) is 0 Å². The van der Waals surface area contributed by atoms with Gasteiger partial charge in [-0.2, -0.15) is 0 Å². The highest BCUT2D eigenvalue weighted by Gasteiger charge is 2.16. The van der Waals surface area contributed by atoms with Crippen LogP contribution in [-0.4, -0.2) is 12.6 Å². The van der Waals surface area contributed by atoms with Gasteiger partial charge in [0.05, 0.1) is 0 Å². The Morgan fingerprint density at radius 1 is 1.36 bits per heavy atom. The van der Waals surface area contributed by atoms with E-state index in [9.17, 15) is 0 Å². The smallest absolute Gasteiger partial charge is 0.0444 e. The van der Waals surface area contributed by atoms with Crippen LogP contribution in [0.5, 0.6) is 0 Å². The molecule has 1 atom stereocenters. The Morgan fingerprint density at radius 2 is 2.14 bits per heavy atom. The molecule has 0 aliphatic carbocycles. The molecule has 1 nitrogen and oxygen atoms in total. The highest BCUT2D eigenvalue weighted by atomic mass is 15.2. The number of nitrogens with zero attached hydrogens (tertiary/aromatic N) is 1. The van der Waals surface area contributed by atoms with Gasteiger partial charge in [0.2, 0.25) is 0 Å². The fourth-order valence-electron chi connectivity index (χ4n) is 1.92. The van der Waals surface area contributed by atoms with Gasteiger partial charge in [0.25, 0.3) is 0 Å². The minimum atomic E-state index is 0.626. The number of anilines is 1. The Morgan fingerprint density at radius 3 is 2.93 bits per heavy atom. The van der Waals surface area contributed by atoms with Crippen LogP contribution in [0.1, 0.15) is 25.8 Å². The molecule has 2 rings (SSSR count). The summed E-state index contributed by atoms with van der Waals surface area (Å²) in [6, 6.07) is 9.24. The number of rotatable bonds is 2. The quantitative estimate of drug-likeness (QED) is 0.686. The highest BCUT2D eigenvalue weighted by molar-refractivity contribution is 5.71. The highest BCUT2D eigenvalue weighted by Crippen LogP contribution is 2.27. The van der Waals surface area contributed by atoms with Crippen LogP contribution in [-0.2, 0) is 0 Å². The number of fused-ring (bicyclic) bond motifs is 1. The zero-order valence-electron chi connectivity index (χ0n) is 8.90. The Bertz CT molecular complexity index is 341. The standard InChI is InChI=1S/C13H17N/c1-3-11(2)14-10-6-8-12-7-4-5-9-13(12)14/h4-9,11H,3,10H2,1-2H3. The van der Waals surface area contributed by atoms with E-state index >= 15 is 0 Å². The van der Waals surface area contributed by atoms with E-state index in [1.807, 2.05) is 0 Å². The average molecular weight is 187 g/mol. The minimum absolute atomic E-state index is 0.626. The molecular weight excluding hydrogens is 170 g/mol. The van der Waals surface area contributed by atoms with Gasteiger partial charge in [-0.25, -0.2) is 0 Å². The number of para-hydroxylation sites is 1. The van der Waals surface area contributed by atoms with Gasteiger partial charge < -0.3 is 4.90 Å². The number of hydrogen-bond acceptors (Lipinski definition) is 1. The lowest BCUT2D eigenvalue weighted by atomic mass is 10.1.